The van der Waals surface area contributed by atoms with Crippen LogP contribution in [0.1, 0.15) is 26.3 Å². The highest BCUT2D eigenvalue weighted by Gasteiger charge is 2.25. The first-order valence-corrected chi connectivity index (χ1v) is 9.25. The minimum Gasteiger partial charge on any atom is -0.507 e. The summed E-state index contributed by atoms with van der Waals surface area (Å²) < 4.78 is 5.26. The molecular weight excluding hydrogens is 398 g/mol. The van der Waals surface area contributed by atoms with E-state index in [2.05, 4.69) is 0 Å². The third-order valence-electron chi connectivity index (χ3n) is 4.63. The van der Waals surface area contributed by atoms with Gasteiger partial charge in [-0.15, -0.1) is 0 Å². The summed E-state index contributed by atoms with van der Waals surface area (Å²) in [5, 5.41) is 10.2. The minimum absolute atomic E-state index is 0.0605. The largest absolute Gasteiger partial charge is 0.507 e. The molecular formula is C24H15NO6. The number of ketones is 1. The van der Waals surface area contributed by atoms with Crippen LogP contribution in [-0.4, -0.2) is 28.7 Å². The van der Waals surface area contributed by atoms with E-state index in [1.807, 2.05) is 0 Å². The van der Waals surface area contributed by atoms with Crippen LogP contribution in [0.4, 0.5) is 5.69 Å². The molecule has 7 nitrogen and oxygen atoms in total. The molecule has 0 aromatic heterocycles. The molecule has 0 saturated carbocycles. The number of rotatable bonds is 5. The van der Waals surface area contributed by atoms with Gasteiger partial charge in [-0.25, -0.2) is 9.69 Å². The second-order valence-corrected chi connectivity index (χ2v) is 6.66. The first kappa shape index (κ1) is 19.8. The molecule has 0 atom stereocenters. The van der Waals surface area contributed by atoms with Crippen molar-refractivity contribution < 1.29 is 29.0 Å². The number of imide groups is 1. The predicted molar refractivity (Wildman–Crippen MR) is 111 cm³/mol. The van der Waals surface area contributed by atoms with E-state index in [9.17, 15) is 24.3 Å². The van der Waals surface area contributed by atoms with Crippen LogP contribution in [-0.2, 0) is 9.59 Å². The van der Waals surface area contributed by atoms with Gasteiger partial charge >= 0.3 is 5.97 Å². The van der Waals surface area contributed by atoms with E-state index >= 15 is 0 Å². The molecule has 2 amide bonds. The van der Waals surface area contributed by atoms with Gasteiger partial charge in [0.1, 0.15) is 11.5 Å². The van der Waals surface area contributed by atoms with E-state index in [4.69, 9.17) is 4.74 Å². The molecule has 3 aromatic carbocycles. The second kappa shape index (κ2) is 8.08. The van der Waals surface area contributed by atoms with Gasteiger partial charge in [0.15, 0.2) is 5.78 Å². The van der Waals surface area contributed by atoms with Crippen molar-refractivity contribution in [2.75, 3.05) is 4.90 Å². The highest BCUT2D eigenvalue weighted by atomic mass is 16.5. The fourth-order valence-corrected chi connectivity index (χ4v) is 3.08. The molecule has 1 aliphatic rings. The van der Waals surface area contributed by atoms with Gasteiger partial charge in [-0.3, -0.25) is 14.4 Å². The maximum absolute atomic E-state index is 12.5. The SMILES string of the molecule is O=C(Oc1ccc(C(=O)c2ccccc2)c(O)c1)c1ccc(N2C(=O)C=CC2=O)cc1. The van der Waals surface area contributed by atoms with E-state index in [0.29, 0.717) is 11.3 Å². The van der Waals surface area contributed by atoms with E-state index in [1.54, 1.807) is 30.3 Å². The average molecular weight is 413 g/mol. The van der Waals surface area contributed by atoms with Crippen LogP contribution in [0.3, 0.4) is 0 Å². The summed E-state index contributed by atoms with van der Waals surface area (Å²) in [6.07, 6.45) is 2.34. The van der Waals surface area contributed by atoms with Crippen molar-refractivity contribution in [1.29, 1.82) is 0 Å². The van der Waals surface area contributed by atoms with E-state index in [-0.39, 0.29) is 28.4 Å². The predicted octanol–water partition coefficient (Wildman–Crippen LogP) is 3.27. The van der Waals surface area contributed by atoms with Crippen molar-refractivity contribution in [2.24, 2.45) is 0 Å². The Kier molecular flexibility index (Phi) is 5.15. The maximum Gasteiger partial charge on any atom is 0.343 e. The zero-order chi connectivity index (χ0) is 22.0. The molecule has 1 aliphatic heterocycles. The topological polar surface area (TPSA) is 101 Å². The van der Waals surface area contributed by atoms with Crippen LogP contribution in [0.15, 0.2) is 84.9 Å². The molecule has 0 fully saturated rings. The van der Waals surface area contributed by atoms with Gasteiger partial charge in [0.25, 0.3) is 11.8 Å². The number of phenols is 1. The Labute approximate surface area is 176 Å². The van der Waals surface area contributed by atoms with Crippen molar-refractivity contribution in [3.8, 4) is 11.5 Å². The Morgan fingerprint density at radius 3 is 2.03 bits per heavy atom. The van der Waals surface area contributed by atoms with Crippen molar-refractivity contribution in [1.82, 2.24) is 0 Å². The fourth-order valence-electron chi connectivity index (χ4n) is 3.08. The Balaban J connectivity index is 1.47. The number of amides is 2. The monoisotopic (exact) mass is 413 g/mol. The molecule has 4 rings (SSSR count). The van der Waals surface area contributed by atoms with Gasteiger partial charge in [-0.1, -0.05) is 30.3 Å². The molecule has 0 aliphatic carbocycles. The molecule has 0 unspecified atom stereocenters. The van der Waals surface area contributed by atoms with Gasteiger partial charge in [-0.2, -0.15) is 0 Å². The number of carbonyl (C=O) groups is 4. The lowest BCUT2D eigenvalue weighted by molar-refractivity contribution is -0.119. The van der Waals surface area contributed by atoms with Gasteiger partial charge in [0, 0.05) is 23.8 Å². The summed E-state index contributed by atoms with van der Waals surface area (Å²) >= 11 is 0. The van der Waals surface area contributed by atoms with Crippen molar-refractivity contribution >= 4 is 29.3 Å². The maximum atomic E-state index is 12.5. The van der Waals surface area contributed by atoms with E-state index < -0.39 is 17.8 Å². The number of phenolic OH excluding ortho intramolecular Hbond substituents is 1. The lowest BCUT2D eigenvalue weighted by Crippen LogP contribution is -2.29. The molecule has 152 valence electrons. The van der Waals surface area contributed by atoms with Crippen molar-refractivity contribution in [3.63, 3.8) is 0 Å². The zero-order valence-electron chi connectivity index (χ0n) is 16.0. The third-order valence-corrected chi connectivity index (χ3v) is 4.63. The van der Waals surface area contributed by atoms with Gasteiger partial charge in [0.05, 0.1) is 16.8 Å². The van der Waals surface area contributed by atoms with E-state index in [1.165, 1.54) is 54.6 Å². The number of aromatic hydroxyl groups is 1. The van der Waals surface area contributed by atoms with Crippen LogP contribution in [0.5, 0.6) is 11.5 Å². The quantitative estimate of drug-likeness (QED) is 0.298. The number of nitrogens with zero attached hydrogens (tertiary/aromatic N) is 1. The van der Waals surface area contributed by atoms with Crippen LogP contribution in [0.2, 0.25) is 0 Å². The third kappa shape index (κ3) is 3.97. The second-order valence-electron chi connectivity index (χ2n) is 6.66. The smallest absolute Gasteiger partial charge is 0.343 e. The standard InChI is InChI=1S/C24H15NO6/c26-20-14-18(10-11-19(20)23(29)15-4-2-1-3-5-15)31-24(30)16-6-8-17(9-7-16)25-21(27)12-13-22(25)28/h1-14,26H. The normalized spacial score (nSPS) is 12.8. The van der Waals surface area contributed by atoms with Crippen LogP contribution < -0.4 is 9.64 Å². The number of benzene rings is 3. The summed E-state index contributed by atoms with van der Waals surface area (Å²) in [6, 6.07) is 18.2. The number of esters is 1. The van der Waals surface area contributed by atoms with Crippen LogP contribution in [0.25, 0.3) is 0 Å². The van der Waals surface area contributed by atoms with Crippen molar-refractivity contribution in [3.05, 3.63) is 102 Å². The number of hydrogen-bond donors (Lipinski definition) is 1. The van der Waals surface area contributed by atoms with Crippen LogP contribution in [0, 0.1) is 0 Å². The van der Waals surface area contributed by atoms with Crippen molar-refractivity contribution in [2.45, 2.75) is 0 Å². The number of hydrogen-bond acceptors (Lipinski definition) is 6. The highest BCUT2D eigenvalue weighted by Crippen LogP contribution is 2.27. The first-order chi connectivity index (χ1) is 14.9. The fraction of sp³-hybridized carbons (Fsp3) is 0. The summed E-state index contributed by atoms with van der Waals surface area (Å²) in [4.78, 5) is 49.3. The molecule has 0 spiro atoms. The minimum atomic E-state index is -0.703. The molecule has 0 bridgehead atoms. The zero-order valence-corrected chi connectivity index (χ0v) is 16.0. The lowest BCUT2D eigenvalue weighted by Gasteiger charge is -2.14. The summed E-state index contributed by atoms with van der Waals surface area (Å²) in [7, 11) is 0. The Bertz CT molecular complexity index is 1210. The number of carbonyl (C=O) groups excluding carboxylic acids is 4. The summed E-state index contributed by atoms with van der Waals surface area (Å²) in [5.41, 5.74) is 1.02. The number of anilines is 1. The highest BCUT2D eigenvalue weighted by molar-refractivity contribution is 6.28. The average Bonchev–Trinajstić information content (AvgIpc) is 3.12. The van der Waals surface area contributed by atoms with Gasteiger partial charge < -0.3 is 9.84 Å². The molecule has 0 saturated heterocycles. The molecule has 31 heavy (non-hydrogen) atoms. The molecule has 1 heterocycles. The molecule has 7 heteroatoms. The van der Waals surface area contributed by atoms with Crippen LogP contribution >= 0.6 is 0 Å². The lowest BCUT2D eigenvalue weighted by atomic mass is 10.0. The van der Waals surface area contributed by atoms with Gasteiger partial charge in [0.2, 0.25) is 0 Å². The van der Waals surface area contributed by atoms with Gasteiger partial charge in [-0.05, 0) is 36.4 Å². The molecule has 0 radical (unpaired) electrons. The summed E-state index contributed by atoms with van der Waals surface area (Å²) in [6.45, 7) is 0. The number of ether oxygens (including phenoxy) is 1. The Morgan fingerprint density at radius 1 is 0.774 bits per heavy atom. The molecule has 1 N–H and O–H groups in total. The first-order valence-electron chi connectivity index (χ1n) is 9.25. The Morgan fingerprint density at radius 2 is 1.42 bits per heavy atom. The van der Waals surface area contributed by atoms with E-state index in [0.717, 1.165) is 4.90 Å². The Hall–Kier alpha value is -4.52. The summed E-state index contributed by atoms with van der Waals surface area (Å²) in [5.74, 6) is -2.22. The molecule has 3 aromatic rings.